The molecule has 2 fully saturated rings. The van der Waals surface area contributed by atoms with Gasteiger partial charge in [-0.25, -0.2) is 10.0 Å². The van der Waals surface area contributed by atoms with Crippen LogP contribution in [-0.4, -0.2) is 92.2 Å². The first-order chi connectivity index (χ1) is 14.8. The topological polar surface area (TPSA) is 91.1 Å². The maximum Gasteiger partial charge on any atom is 0.193 e. The van der Waals surface area contributed by atoms with Gasteiger partial charge in [0.25, 0.3) is 0 Å². The molecule has 0 spiro atoms. The molecule has 3 rings (SSSR count). The van der Waals surface area contributed by atoms with E-state index in [4.69, 9.17) is 14.2 Å². The summed E-state index contributed by atoms with van der Waals surface area (Å²) in [6.07, 6.45) is 9.15. The first kappa shape index (κ1) is 24.0. The summed E-state index contributed by atoms with van der Waals surface area (Å²) in [5.74, 6) is 0. The fraction of sp³-hybridized carbons (Fsp3) is 1.00. The Bertz CT molecular complexity index is 498. The highest BCUT2D eigenvalue weighted by atomic mass is 16.5. The van der Waals surface area contributed by atoms with Crippen LogP contribution >= 0.6 is 0 Å². The van der Waals surface area contributed by atoms with Gasteiger partial charge in [0.05, 0.1) is 33.0 Å². The van der Waals surface area contributed by atoms with Crippen LogP contribution in [0.5, 0.6) is 0 Å². The Morgan fingerprint density at radius 1 is 0.967 bits per heavy atom. The molecule has 2 heterocycles. The number of hydrazine groups is 2. The predicted octanol–water partition coefficient (Wildman–Crippen LogP) is 2.12. The molecule has 9 nitrogen and oxygen atoms in total. The van der Waals surface area contributed by atoms with Crippen LogP contribution in [0.1, 0.15) is 58.3 Å². The highest BCUT2D eigenvalue weighted by Gasteiger charge is 2.42. The Labute approximate surface area is 181 Å². The number of hydrogen-bond acceptors (Lipinski definition) is 9. The summed E-state index contributed by atoms with van der Waals surface area (Å²) in [6.45, 7) is 7.89. The van der Waals surface area contributed by atoms with Crippen molar-refractivity contribution in [3.8, 4) is 0 Å². The second-order valence-corrected chi connectivity index (χ2v) is 8.52. The zero-order valence-corrected chi connectivity index (χ0v) is 18.6. The van der Waals surface area contributed by atoms with E-state index >= 15 is 0 Å². The molecule has 30 heavy (non-hydrogen) atoms. The lowest BCUT2D eigenvalue weighted by molar-refractivity contribution is 0.00118. The van der Waals surface area contributed by atoms with E-state index in [9.17, 15) is 5.11 Å². The smallest absolute Gasteiger partial charge is 0.193 e. The molecule has 0 aromatic heterocycles. The average molecular weight is 428 g/mol. The molecule has 0 aromatic carbocycles. The van der Waals surface area contributed by atoms with E-state index in [1.807, 2.05) is 6.92 Å². The Morgan fingerprint density at radius 2 is 1.67 bits per heavy atom. The summed E-state index contributed by atoms with van der Waals surface area (Å²) in [5, 5.41) is 22.5. The van der Waals surface area contributed by atoms with Gasteiger partial charge in [-0.2, -0.15) is 15.8 Å². The second-order valence-electron chi connectivity index (χ2n) is 8.52. The van der Waals surface area contributed by atoms with E-state index in [-0.39, 0.29) is 12.3 Å². The van der Waals surface area contributed by atoms with Crippen LogP contribution in [0.15, 0.2) is 10.2 Å². The SMILES string of the molecule is CCOCCOCCOCCN1CC(CCC2(CCO)N=N2)N(C2CCCCC2)N1. The van der Waals surface area contributed by atoms with Crippen molar-refractivity contribution in [1.29, 1.82) is 0 Å². The van der Waals surface area contributed by atoms with Crippen molar-refractivity contribution in [3.05, 3.63) is 0 Å². The van der Waals surface area contributed by atoms with E-state index in [1.165, 1.54) is 32.1 Å². The highest BCUT2D eigenvalue weighted by molar-refractivity contribution is 4.95. The summed E-state index contributed by atoms with van der Waals surface area (Å²) in [6, 6.07) is 1.06. The molecule has 1 saturated carbocycles. The molecule has 0 aromatic rings. The van der Waals surface area contributed by atoms with Crippen LogP contribution in [0.3, 0.4) is 0 Å². The van der Waals surface area contributed by atoms with Crippen LogP contribution in [0.4, 0.5) is 0 Å². The number of rotatable bonds is 16. The molecule has 1 saturated heterocycles. The quantitative estimate of drug-likeness (QED) is 0.365. The lowest BCUT2D eigenvalue weighted by Gasteiger charge is -2.35. The fourth-order valence-electron chi connectivity index (χ4n) is 4.47. The molecule has 3 aliphatic rings. The van der Waals surface area contributed by atoms with Crippen LogP contribution in [0, 0.1) is 0 Å². The Morgan fingerprint density at radius 3 is 2.33 bits per heavy atom. The van der Waals surface area contributed by atoms with E-state index in [2.05, 4.69) is 25.8 Å². The summed E-state index contributed by atoms with van der Waals surface area (Å²) >= 11 is 0. The number of hydrogen-bond donors (Lipinski definition) is 2. The summed E-state index contributed by atoms with van der Waals surface area (Å²) in [4.78, 5) is 0. The molecule has 2 aliphatic heterocycles. The van der Waals surface area contributed by atoms with Crippen molar-refractivity contribution in [2.45, 2.75) is 76.0 Å². The molecule has 1 unspecified atom stereocenters. The van der Waals surface area contributed by atoms with Crippen molar-refractivity contribution in [2.24, 2.45) is 10.2 Å². The standard InChI is InChI=1S/C21H41N5O4/c1-2-28-14-15-30-17-16-29-13-11-25-18-20(8-9-21(10-12-27)22-23-21)26(24-25)19-6-4-3-5-7-19/h19-20,24,27H,2-18H2,1H3. The average Bonchev–Trinajstić information content (AvgIpc) is 3.41. The molecule has 0 radical (unpaired) electrons. The van der Waals surface area contributed by atoms with Gasteiger partial charge in [0.2, 0.25) is 0 Å². The van der Waals surface area contributed by atoms with Gasteiger partial charge in [-0.15, -0.1) is 0 Å². The zero-order chi connectivity index (χ0) is 21.1. The third-order valence-corrected chi connectivity index (χ3v) is 6.28. The normalized spacial score (nSPS) is 24.7. The van der Waals surface area contributed by atoms with Gasteiger partial charge in [0, 0.05) is 44.8 Å². The van der Waals surface area contributed by atoms with E-state index < -0.39 is 0 Å². The maximum atomic E-state index is 9.26. The minimum absolute atomic E-state index is 0.154. The molecule has 1 atom stereocenters. The number of aliphatic hydroxyl groups excluding tert-OH is 1. The summed E-state index contributed by atoms with van der Waals surface area (Å²) in [5.41, 5.74) is 3.35. The molecule has 0 amide bonds. The van der Waals surface area contributed by atoms with Crippen molar-refractivity contribution >= 4 is 0 Å². The van der Waals surface area contributed by atoms with Gasteiger partial charge < -0.3 is 19.3 Å². The fourth-order valence-corrected chi connectivity index (χ4v) is 4.47. The Hall–Kier alpha value is -0.680. The van der Waals surface area contributed by atoms with E-state index in [1.54, 1.807) is 0 Å². The number of ether oxygens (including phenoxy) is 3. The lowest BCUT2D eigenvalue weighted by atomic mass is 9.93. The van der Waals surface area contributed by atoms with Crippen LogP contribution < -0.4 is 5.53 Å². The number of aliphatic hydroxyl groups is 1. The van der Waals surface area contributed by atoms with Gasteiger partial charge in [0.15, 0.2) is 5.66 Å². The van der Waals surface area contributed by atoms with E-state index in [0.29, 0.717) is 51.5 Å². The van der Waals surface area contributed by atoms with E-state index in [0.717, 1.165) is 32.5 Å². The first-order valence-electron chi connectivity index (χ1n) is 11.8. The summed E-state index contributed by atoms with van der Waals surface area (Å²) in [7, 11) is 0. The number of nitrogens with zero attached hydrogens (tertiary/aromatic N) is 4. The minimum atomic E-state index is -0.300. The highest BCUT2D eigenvalue weighted by Crippen LogP contribution is 2.38. The van der Waals surface area contributed by atoms with Crippen molar-refractivity contribution in [3.63, 3.8) is 0 Å². The Balaban J connectivity index is 1.36. The Kier molecular flexibility index (Phi) is 10.4. The van der Waals surface area contributed by atoms with Crippen molar-refractivity contribution < 1.29 is 19.3 Å². The van der Waals surface area contributed by atoms with Crippen LogP contribution in [-0.2, 0) is 14.2 Å². The van der Waals surface area contributed by atoms with Gasteiger partial charge in [0.1, 0.15) is 0 Å². The molecule has 1 aliphatic carbocycles. The third-order valence-electron chi connectivity index (χ3n) is 6.28. The molecule has 2 N–H and O–H groups in total. The van der Waals surface area contributed by atoms with Gasteiger partial charge in [-0.05, 0) is 32.6 Å². The third kappa shape index (κ3) is 7.78. The maximum absolute atomic E-state index is 9.26. The van der Waals surface area contributed by atoms with Gasteiger partial charge in [-0.1, -0.05) is 19.3 Å². The predicted molar refractivity (Wildman–Crippen MR) is 114 cm³/mol. The molecule has 0 bridgehead atoms. The van der Waals surface area contributed by atoms with Crippen LogP contribution in [0.2, 0.25) is 0 Å². The zero-order valence-electron chi connectivity index (χ0n) is 18.6. The number of nitrogens with one attached hydrogen (secondary N) is 1. The largest absolute Gasteiger partial charge is 0.396 e. The molecular weight excluding hydrogens is 386 g/mol. The van der Waals surface area contributed by atoms with Gasteiger partial charge >= 0.3 is 0 Å². The first-order valence-corrected chi connectivity index (χ1v) is 11.8. The second kappa shape index (κ2) is 13.0. The molecule has 174 valence electrons. The lowest BCUT2D eigenvalue weighted by Crippen LogP contribution is -2.49. The van der Waals surface area contributed by atoms with Crippen LogP contribution in [0.25, 0.3) is 0 Å². The van der Waals surface area contributed by atoms with Gasteiger partial charge in [-0.3, -0.25) is 0 Å². The van der Waals surface area contributed by atoms with Crippen molar-refractivity contribution in [1.82, 2.24) is 15.6 Å². The molecule has 9 heteroatoms. The minimum Gasteiger partial charge on any atom is -0.396 e. The van der Waals surface area contributed by atoms with Crippen molar-refractivity contribution in [2.75, 3.05) is 59.3 Å². The summed E-state index contributed by atoms with van der Waals surface area (Å²) < 4.78 is 16.5. The molecular formula is C21H41N5O4. The monoisotopic (exact) mass is 427 g/mol.